The van der Waals surface area contributed by atoms with Crippen LogP contribution in [0.15, 0.2) is 60.9 Å². The van der Waals surface area contributed by atoms with Gasteiger partial charge < -0.3 is 19.9 Å². The topological polar surface area (TPSA) is 66.0 Å². The summed E-state index contributed by atoms with van der Waals surface area (Å²) in [5.74, 6) is 2.22. The summed E-state index contributed by atoms with van der Waals surface area (Å²) in [5, 5.41) is 5.32. The maximum atomic E-state index is 5.96. The molecule has 8 heteroatoms. The fourth-order valence-electron chi connectivity index (χ4n) is 5.56. The van der Waals surface area contributed by atoms with Gasteiger partial charge in [-0.1, -0.05) is 44.2 Å². The number of rotatable bonds is 9. The Bertz CT molecular complexity index is 1150. The highest BCUT2D eigenvalue weighted by Crippen LogP contribution is 2.36. The molecule has 1 atom stereocenters. The van der Waals surface area contributed by atoms with Crippen LogP contribution in [0.25, 0.3) is 0 Å². The Morgan fingerprint density at radius 2 is 1.78 bits per heavy atom. The van der Waals surface area contributed by atoms with E-state index in [1.54, 1.807) is 13.4 Å². The molecule has 2 fully saturated rings. The third-order valence-corrected chi connectivity index (χ3v) is 7.57. The zero-order chi connectivity index (χ0) is 25.6. The second-order valence-corrected chi connectivity index (χ2v) is 9.58. The van der Waals surface area contributed by atoms with E-state index in [-0.39, 0.29) is 6.04 Å². The van der Waals surface area contributed by atoms with Gasteiger partial charge in [0.2, 0.25) is 0 Å². The van der Waals surface area contributed by atoms with Crippen molar-refractivity contribution < 1.29 is 9.57 Å². The zero-order valence-corrected chi connectivity index (χ0v) is 22.1. The Morgan fingerprint density at radius 1 is 1.00 bits per heavy atom. The summed E-state index contributed by atoms with van der Waals surface area (Å²) >= 11 is 0. The number of methoxy groups -OCH3 is 1. The van der Waals surface area contributed by atoms with Crippen molar-refractivity contribution in [3.05, 3.63) is 66.5 Å². The molecule has 1 N–H and O–H groups in total. The zero-order valence-electron chi connectivity index (χ0n) is 22.1. The number of hydrogen-bond donors (Lipinski definition) is 1. The number of hydroxylamine groups is 1. The maximum absolute atomic E-state index is 5.96. The molecule has 8 nitrogen and oxygen atoms in total. The fourth-order valence-corrected chi connectivity index (χ4v) is 5.56. The molecular formula is C29H38N6O2. The molecule has 2 saturated heterocycles. The van der Waals surface area contributed by atoms with Gasteiger partial charge in [0, 0.05) is 43.4 Å². The molecule has 3 heterocycles. The minimum atomic E-state index is 0.128. The molecule has 0 aliphatic carbocycles. The van der Waals surface area contributed by atoms with Crippen LogP contribution < -0.4 is 20.0 Å². The predicted octanol–water partition coefficient (Wildman–Crippen LogP) is 5.42. The van der Waals surface area contributed by atoms with Gasteiger partial charge in [0.05, 0.1) is 25.4 Å². The summed E-state index contributed by atoms with van der Waals surface area (Å²) < 4.78 is 5.77. The first kappa shape index (κ1) is 25.3. The molecule has 0 spiro atoms. The number of ether oxygens (including phenoxy) is 1. The lowest BCUT2D eigenvalue weighted by Crippen LogP contribution is -2.44. The molecule has 0 radical (unpaired) electrons. The normalized spacial score (nSPS) is 18.4. The van der Waals surface area contributed by atoms with Gasteiger partial charge in [-0.25, -0.2) is 15.0 Å². The predicted molar refractivity (Wildman–Crippen MR) is 149 cm³/mol. The monoisotopic (exact) mass is 502 g/mol. The van der Waals surface area contributed by atoms with Crippen molar-refractivity contribution in [2.75, 3.05) is 55.2 Å². The van der Waals surface area contributed by atoms with E-state index in [0.717, 1.165) is 49.9 Å². The molecule has 1 aromatic heterocycles. The fraction of sp³-hybridized carbons (Fsp3) is 0.448. The summed E-state index contributed by atoms with van der Waals surface area (Å²) in [6.07, 6.45) is 4.87. The van der Waals surface area contributed by atoms with Gasteiger partial charge in [0.1, 0.15) is 17.9 Å². The van der Waals surface area contributed by atoms with E-state index in [9.17, 15) is 0 Å². The lowest BCUT2D eigenvalue weighted by Gasteiger charge is -2.38. The van der Waals surface area contributed by atoms with Crippen molar-refractivity contribution in [3.8, 4) is 5.75 Å². The number of aromatic nitrogens is 2. The van der Waals surface area contributed by atoms with Crippen LogP contribution in [0.5, 0.6) is 5.75 Å². The maximum Gasteiger partial charge on any atom is 0.158 e. The quantitative estimate of drug-likeness (QED) is 0.416. The number of hydrogen-bond acceptors (Lipinski definition) is 8. The van der Waals surface area contributed by atoms with Gasteiger partial charge in [0.15, 0.2) is 5.82 Å². The standard InChI is InChI=1S/C29H38N6O2/c1-4-33(5-2)23-13-16-34(17-14-23)24-11-12-25(27(19-24)36-3)32-28-20-29(31-21-30-28)35-26(15-18-37-35)22-9-7-6-8-10-22/h6-12,19-21,23,26H,4-5,13-18H2,1-3H3,(H,30,31,32). The lowest BCUT2D eigenvalue weighted by molar-refractivity contribution is 0.157. The Hall–Kier alpha value is -3.36. The summed E-state index contributed by atoms with van der Waals surface area (Å²) in [7, 11) is 1.71. The molecule has 0 bridgehead atoms. The van der Waals surface area contributed by atoms with Crippen LogP contribution in [0.1, 0.15) is 44.7 Å². The average molecular weight is 503 g/mol. The van der Waals surface area contributed by atoms with Crippen molar-refractivity contribution in [2.24, 2.45) is 0 Å². The van der Waals surface area contributed by atoms with E-state index in [1.165, 1.54) is 24.1 Å². The highest BCUT2D eigenvalue weighted by molar-refractivity contribution is 5.70. The van der Waals surface area contributed by atoms with Crippen LogP contribution >= 0.6 is 0 Å². The van der Waals surface area contributed by atoms with Crippen LogP contribution in [0, 0.1) is 0 Å². The van der Waals surface area contributed by atoms with Crippen LogP contribution in [-0.2, 0) is 4.84 Å². The van der Waals surface area contributed by atoms with Crippen LogP contribution in [-0.4, -0.2) is 60.8 Å². The Labute approximate surface area is 220 Å². The minimum absolute atomic E-state index is 0.128. The highest BCUT2D eigenvalue weighted by Gasteiger charge is 2.29. The number of benzene rings is 2. The summed E-state index contributed by atoms with van der Waals surface area (Å²) in [6.45, 7) is 9.54. The molecule has 0 saturated carbocycles. The largest absolute Gasteiger partial charge is 0.494 e. The first-order valence-corrected chi connectivity index (χ1v) is 13.4. The number of piperidine rings is 1. The first-order valence-electron chi connectivity index (χ1n) is 13.4. The van der Waals surface area contributed by atoms with Crippen molar-refractivity contribution >= 4 is 23.0 Å². The van der Waals surface area contributed by atoms with E-state index in [4.69, 9.17) is 9.57 Å². The SMILES string of the molecule is CCN(CC)C1CCN(c2ccc(Nc3cc(N4OCCC4c4ccccc4)ncn3)c(OC)c2)CC1. The van der Waals surface area contributed by atoms with Gasteiger partial charge in [-0.2, -0.15) is 0 Å². The van der Waals surface area contributed by atoms with Crippen molar-refractivity contribution in [3.63, 3.8) is 0 Å². The summed E-state index contributed by atoms with van der Waals surface area (Å²) in [4.78, 5) is 20.0. The van der Waals surface area contributed by atoms with Crippen molar-refractivity contribution in [1.29, 1.82) is 0 Å². The molecule has 1 unspecified atom stereocenters. The van der Waals surface area contributed by atoms with E-state index in [0.29, 0.717) is 18.5 Å². The number of anilines is 4. The number of nitrogens with zero attached hydrogens (tertiary/aromatic N) is 5. The Morgan fingerprint density at radius 3 is 2.51 bits per heavy atom. The third kappa shape index (κ3) is 5.65. The van der Waals surface area contributed by atoms with E-state index < -0.39 is 0 Å². The van der Waals surface area contributed by atoms with Crippen LogP contribution in [0.3, 0.4) is 0 Å². The van der Waals surface area contributed by atoms with Crippen molar-refractivity contribution in [1.82, 2.24) is 14.9 Å². The van der Waals surface area contributed by atoms with Crippen LogP contribution in [0.2, 0.25) is 0 Å². The average Bonchev–Trinajstić information content (AvgIpc) is 3.45. The molecule has 3 aromatic rings. The summed E-state index contributed by atoms with van der Waals surface area (Å²) in [6, 6.07) is 19.5. The van der Waals surface area contributed by atoms with Gasteiger partial charge in [-0.15, -0.1) is 0 Å². The molecular weight excluding hydrogens is 464 g/mol. The van der Waals surface area contributed by atoms with Crippen molar-refractivity contribution in [2.45, 2.75) is 45.2 Å². The van der Waals surface area contributed by atoms with Gasteiger partial charge in [-0.05, 0) is 43.6 Å². The van der Waals surface area contributed by atoms with Gasteiger partial charge >= 0.3 is 0 Å². The molecule has 5 rings (SSSR count). The first-order chi connectivity index (χ1) is 18.2. The van der Waals surface area contributed by atoms with E-state index in [1.807, 2.05) is 17.2 Å². The smallest absolute Gasteiger partial charge is 0.158 e. The molecule has 0 amide bonds. The van der Waals surface area contributed by atoms with Gasteiger partial charge in [-0.3, -0.25) is 4.84 Å². The molecule has 2 aliphatic heterocycles. The highest BCUT2D eigenvalue weighted by atomic mass is 16.7. The third-order valence-electron chi connectivity index (χ3n) is 7.57. The van der Waals surface area contributed by atoms with Gasteiger partial charge in [0.25, 0.3) is 0 Å². The molecule has 2 aliphatic rings. The molecule has 196 valence electrons. The lowest BCUT2D eigenvalue weighted by atomic mass is 10.0. The minimum Gasteiger partial charge on any atom is -0.494 e. The second-order valence-electron chi connectivity index (χ2n) is 9.58. The molecule has 2 aromatic carbocycles. The van der Waals surface area contributed by atoms with Crippen LogP contribution in [0.4, 0.5) is 23.0 Å². The number of nitrogens with one attached hydrogen (secondary N) is 1. The summed E-state index contributed by atoms with van der Waals surface area (Å²) in [5.41, 5.74) is 3.28. The molecule has 37 heavy (non-hydrogen) atoms. The Kier molecular flexibility index (Phi) is 8.06. The second kappa shape index (κ2) is 11.8. The van der Waals surface area contributed by atoms with E-state index >= 15 is 0 Å². The van der Waals surface area contributed by atoms with E-state index in [2.05, 4.69) is 81.4 Å². The Balaban J connectivity index is 1.28.